The maximum absolute atomic E-state index is 13.5. The van der Waals surface area contributed by atoms with Crippen molar-refractivity contribution in [3.05, 3.63) is 88.8 Å². The van der Waals surface area contributed by atoms with Gasteiger partial charge in [0.15, 0.2) is 34.5 Å². The van der Waals surface area contributed by atoms with E-state index in [1.165, 1.54) is 12.8 Å². The summed E-state index contributed by atoms with van der Waals surface area (Å²) in [4.78, 5) is 38.8. The molecule has 5 heterocycles. The largest absolute Gasteiger partial charge is 0.474 e. The molecule has 4 atom stereocenters. The lowest BCUT2D eigenvalue weighted by Crippen LogP contribution is -2.49. The number of rotatable bonds is 16. The third-order valence-electron chi connectivity index (χ3n) is 9.81. The highest BCUT2D eigenvalue weighted by Crippen LogP contribution is 2.27. The molecule has 0 bridgehead atoms. The zero-order valence-corrected chi connectivity index (χ0v) is 41.3. The number of alkyl halides is 1. The number of nitrogens with zero attached hydrogens (tertiary/aromatic N) is 4. The van der Waals surface area contributed by atoms with Gasteiger partial charge in [-0.15, -0.1) is 11.6 Å². The Balaban J connectivity index is 0.000000446. The Hall–Kier alpha value is -3.62. The van der Waals surface area contributed by atoms with Crippen molar-refractivity contribution >= 4 is 59.9 Å². The molecule has 3 aromatic rings. The van der Waals surface area contributed by atoms with Crippen LogP contribution in [0.15, 0.2) is 41.8 Å². The van der Waals surface area contributed by atoms with Gasteiger partial charge in [-0.25, -0.2) is 50.5 Å². The summed E-state index contributed by atoms with van der Waals surface area (Å²) in [5.74, 6) is -6.17. The Bertz CT molecular complexity index is 1940. The normalized spacial score (nSPS) is 17.9. The topological polar surface area (TPSA) is 165 Å². The number of carbonyl (C=O) groups excluding carboxylic acids is 2. The average Bonchev–Trinajstić information content (AvgIpc) is 3.90. The number of carbonyl (C=O) groups is 2. The Morgan fingerprint density at radius 2 is 1.27 bits per heavy atom. The number of nitrogens with one attached hydrogen (secondary N) is 2. The molecule has 0 radical (unpaired) electrons. The third-order valence-corrected chi connectivity index (χ3v) is 10.4. The SMILES string of the molecule is CC1CCCO1.CCCC[C@](C)(CCl)NC(=O)c1ncc(F)cc1F.CCCC[C@](C)(CO)NC(=O)c1ncc(F)cc1F.CCCC[C@]1(C)COC(c2ncc(F)cc2F)=N1.O=S(Cl)Cl. The van der Waals surface area contributed by atoms with Gasteiger partial charge in [0.05, 0.1) is 47.9 Å². The number of unbranched alkanes of at least 4 members (excludes halogenated alkanes) is 3. The minimum absolute atomic E-state index is 0.0170. The Kier molecular flexibility index (Phi) is 28.1. The van der Waals surface area contributed by atoms with E-state index in [2.05, 4.69) is 65.8 Å². The molecule has 0 aliphatic carbocycles. The number of aliphatic imine (C=N–C) groups is 1. The Labute approximate surface area is 399 Å². The first-order chi connectivity index (χ1) is 31.0. The number of pyridine rings is 3. The number of amides is 2. The lowest BCUT2D eigenvalue weighted by atomic mass is 9.95. The standard InChI is InChI=1S/C13H17ClF2N2O.C13H18F2N2O2.C13H16F2N2O.C5H10O.Cl2OS/c1-3-4-5-13(2,8-14)18-12(19)11-10(16)6-9(15)7-17-11;1-3-4-5-13(2,8-18)17-12(19)11-10(15)6-9(14)7-16-11;1-3-4-5-13(2)8-18-12(17-13)11-10(15)6-9(14)7-16-11;1-5-3-2-4-6-5;1-4(2)3/h6-7H,3-5,8H2,1-2H3,(H,18,19);6-7,18H,3-5,8H2,1-2H3,(H,17,19);6-7H,3-5,8H2,1-2H3;5H,2-4H2,1H3;/t3*13-;;/m111../s1. The van der Waals surface area contributed by atoms with Gasteiger partial charge in [-0.05, 0) is 59.8 Å². The van der Waals surface area contributed by atoms with Crippen LogP contribution in [-0.4, -0.2) is 90.4 Å². The van der Waals surface area contributed by atoms with Gasteiger partial charge in [-0.2, -0.15) is 0 Å². The zero-order valence-electron chi connectivity index (χ0n) is 38.2. The van der Waals surface area contributed by atoms with Gasteiger partial charge in [0, 0.05) is 52.1 Å². The van der Waals surface area contributed by atoms with E-state index in [0.29, 0.717) is 37.7 Å². The summed E-state index contributed by atoms with van der Waals surface area (Å²) in [5, 5.41) is 14.5. The summed E-state index contributed by atoms with van der Waals surface area (Å²) in [6.45, 7) is 14.8. The van der Waals surface area contributed by atoms with Crippen LogP contribution < -0.4 is 10.6 Å². The molecule has 3 N–H and O–H groups in total. The second kappa shape index (κ2) is 30.7. The number of aliphatic hydroxyl groups is 1. The monoisotopic (exact) mass is 1020 g/mol. The number of hydrogen-bond donors (Lipinski definition) is 3. The first-order valence-corrected chi connectivity index (χ1v) is 24.7. The van der Waals surface area contributed by atoms with E-state index in [1.54, 1.807) is 13.8 Å². The van der Waals surface area contributed by atoms with Crippen molar-refractivity contribution in [1.82, 2.24) is 25.6 Å². The summed E-state index contributed by atoms with van der Waals surface area (Å²) in [6, 6.07) is 2.02. The number of ether oxygens (including phenoxy) is 2. The van der Waals surface area contributed by atoms with E-state index in [1.807, 2.05) is 20.8 Å². The molecule has 5 rings (SSSR count). The predicted molar refractivity (Wildman–Crippen MR) is 246 cm³/mol. The minimum atomic E-state index is -1.67. The minimum Gasteiger partial charge on any atom is -0.474 e. The van der Waals surface area contributed by atoms with Crippen LogP contribution in [0, 0.1) is 34.9 Å². The van der Waals surface area contributed by atoms with Crippen molar-refractivity contribution in [3.63, 3.8) is 0 Å². The lowest BCUT2D eigenvalue weighted by Gasteiger charge is -2.28. The van der Waals surface area contributed by atoms with Crippen LogP contribution in [0.1, 0.15) is 146 Å². The van der Waals surface area contributed by atoms with Crippen molar-refractivity contribution in [3.8, 4) is 0 Å². The molecule has 22 heteroatoms. The molecule has 12 nitrogen and oxygen atoms in total. The van der Waals surface area contributed by atoms with Gasteiger partial charge >= 0.3 is 0 Å². The van der Waals surface area contributed by atoms with Gasteiger partial charge in [0.2, 0.25) is 15.1 Å². The smallest absolute Gasteiger partial charge is 0.273 e. The van der Waals surface area contributed by atoms with E-state index in [-0.39, 0.29) is 29.6 Å². The van der Waals surface area contributed by atoms with Crippen molar-refractivity contribution in [1.29, 1.82) is 0 Å². The fraction of sp³-hybridized carbons (Fsp3) is 0.591. The highest BCUT2D eigenvalue weighted by Gasteiger charge is 2.33. The summed E-state index contributed by atoms with van der Waals surface area (Å²) in [7, 11) is 7.36. The quantitative estimate of drug-likeness (QED) is 0.0719. The summed E-state index contributed by atoms with van der Waals surface area (Å²) in [6.07, 6.45) is 13.4. The number of hydrogen-bond acceptors (Lipinski definition) is 10. The summed E-state index contributed by atoms with van der Waals surface area (Å²) < 4.78 is 98.2. The van der Waals surface area contributed by atoms with Crippen LogP contribution >= 0.6 is 33.0 Å². The third kappa shape index (κ3) is 22.9. The van der Waals surface area contributed by atoms with E-state index in [0.717, 1.165) is 76.2 Å². The van der Waals surface area contributed by atoms with Gasteiger partial charge in [0.25, 0.3) is 11.8 Å². The summed E-state index contributed by atoms with van der Waals surface area (Å²) in [5.41, 5.74) is -2.70. The number of aliphatic hydroxyl groups excluding tert-OH is 1. The molecule has 3 aromatic heterocycles. The fourth-order valence-corrected chi connectivity index (χ4v) is 6.16. The van der Waals surface area contributed by atoms with Crippen LogP contribution in [0.4, 0.5) is 26.3 Å². The number of halogens is 9. The first-order valence-electron chi connectivity index (χ1n) is 21.3. The zero-order chi connectivity index (χ0) is 50.1. The molecule has 1 unspecified atom stereocenters. The second-order valence-corrected chi connectivity index (χ2v) is 19.1. The second-order valence-electron chi connectivity index (χ2n) is 16.3. The number of aromatic nitrogens is 3. The predicted octanol–water partition coefficient (Wildman–Crippen LogP) is 10.6. The Morgan fingerprint density at radius 1 is 0.818 bits per heavy atom. The first kappa shape index (κ1) is 60.4. The van der Waals surface area contributed by atoms with Gasteiger partial charge < -0.3 is 25.2 Å². The van der Waals surface area contributed by atoms with E-state index in [9.17, 15) is 41.0 Å². The lowest BCUT2D eigenvalue weighted by molar-refractivity contribution is 0.0828. The molecular weight excluding hydrogens is 961 g/mol. The maximum atomic E-state index is 13.5. The van der Waals surface area contributed by atoms with E-state index >= 15 is 0 Å². The molecule has 0 saturated carbocycles. The molecule has 2 aliphatic heterocycles. The highest BCUT2D eigenvalue weighted by molar-refractivity contribution is 8.26. The summed E-state index contributed by atoms with van der Waals surface area (Å²) >= 11 is 5.85. The molecule has 372 valence electrons. The molecule has 0 aromatic carbocycles. The van der Waals surface area contributed by atoms with Gasteiger partial charge in [-0.1, -0.05) is 59.3 Å². The van der Waals surface area contributed by atoms with Crippen molar-refractivity contribution in [2.45, 2.75) is 142 Å². The van der Waals surface area contributed by atoms with E-state index in [4.69, 9.17) is 25.3 Å². The Morgan fingerprint density at radius 3 is 1.65 bits per heavy atom. The fourth-order valence-electron chi connectivity index (χ4n) is 5.96. The molecule has 66 heavy (non-hydrogen) atoms. The van der Waals surface area contributed by atoms with Crippen LogP contribution in [0.3, 0.4) is 0 Å². The maximum Gasteiger partial charge on any atom is 0.273 e. The van der Waals surface area contributed by atoms with Crippen LogP contribution in [0.25, 0.3) is 0 Å². The van der Waals surface area contributed by atoms with Gasteiger partial charge in [0.1, 0.15) is 24.1 Å². The molecular formula is C44H61Cl3F6N6O6S. The van der Waals surface area contributed by atoms with Crippen molar-refractivity contribution < 1.29 is 54.7 Å². The average molecular weight is 1020 g/mol. The van der Waals surface area contributed by atoms with Crippen LogP contribution in [-0.2, 0) is 18.7 Å². The van der Waals surface area contributed by atoms with E-state index < -0.39 is 78.4 Å². The molecule has 0 spiro atoms. The molecule has 2 amide bonds. The van der Waals surface area contributed by atoms with Crippen molar-refractivity contribution in [2.75, 3.05) is 25.7 Å². The van der Waals surface area contributed by atoms with Crippen LogP contribution in [0.5, 0.6) is 0 Å². The molecule has 1 fully saturated rings. The van der Waals surface area contributed by atoms with Crippen LogP contribution in [0.2, 0.25) is 0 Å². The molecule has 2 aliphatic rings. The van der Waals surface area contributed by atoms with Gasteiger partial charge in [-0.3, -0.25) is 9.59 Å². The molecule has 1 saturated heterocycles. The highest BCUT2D eigenvalue weighted by atomic mass is 36.0. The van der Waals surface area contributed by atoms with Crippen molar-refractivity contribution in [2.24, 2.45) is 4.99 Å².